The second-order valence-corrected chi connectivity index (χ2v) is 11.1. The summed E-state index contributed by atoms with van der Waals surface area (Å²) >= 11 is 18.1. The van der Waals surface area contributed by atoms with Crippen LogP contribution in [0.4, 0.5) is 0 Å². The van der Waals surface area contributed by atoms with Crippen molar-refractivity contribution in [2.75, 3.05) is 6.61 Å². The SMILES string of the molecule is C=C(/C(COc1ccc(C2CC2c2cccc(C(=O)O)c2)c(Cl)c1)=C(\S)C1CC1)c1c(C)c[nH+]cc1Cl.CC. The molecule has 0 radical (unpaired) electrons. The van der Waals surface area contributed by atoms with E-state index in [2.05, 4.69) is 11.6 Å². The summed E-state index contributed by atoms with van der Waals surface area (Å²) in [6, 6.07) is 13.0. The smallest absolute Gasteiger partial charge is 0.335 e. The third-order valence-corrected chi connectivity index (χ3v) is 8.45. The number of aryl methyl sites for hydroxylation is 1. The van der Waals surface area contributed by atoms with Crippen LogP contribution < -0.4 is 9.72 Å². The molecule has 204 valence electrons. The summed E-state index contributed by atoms with van der Waals surface area (Å²) in [7, 11) is 0. The van der Waals surface area contributed by atoms with Gasteiger partial charge in [-0.1, -0.05) is 61.8 Å². The Labute approximate surface area is 246 Å². The summed E-state index contributed by atoms with van der Waals surface area (Å²) in [5.74, 6) is 0.724. The number of hydrogen-bond acceptors (Lipinski definition) is 3. The third kappa shape index (κ3) is 6.71. The summed E-state index contributed by atoms with van der Waals surface area (Å²) in [5, 5.41) is 10.6. The lowest BCUT2D eigenvalue weighted by molar-refractivity contribution is -0.378. The van der Waals surface area contributed by atoms with Gasteiger partial charge in [-0.05, 0) is 89.8 Å². The van der Waals surface area contributed by atoms with Gasteiger partial charge in [-0.2, -0.15) is 0 Å². The molecule has 0 spiro atoms. The largest absolute Gasteiger partial charge is 0.489 e. The van der Waals surface area contributed by atoms with E-state index < -0.39 is 5.97 Å². The van der Waals surface area contributed by atoms with E-state index in [4.69, 9.17) is 40.6 Å². The number of aromatic nitrogens is 1. The van der Waals surface area contributed by atoms with Crippen LogP contribution in [0.5, 0.6) is 5.75 Å². The number of allylic oxidation sites excluding steroid dienone is 1. The number of hydrogen-bond donors (Lipinski definition) is 2. The number of carboxylic acids is 1. The van der Waals surface area contributed by atoms with Gasteiger partial charge in [-0.15, -0.1) is 12.6 Å². The quantitative estimate of drug-likeness (QED) is 0.196. The van der Waals surface area contributed by atoms with Crippen molar-refractivity contribution in [1.82, 2.24) is 0 Å². The molecule has 39 heavy (non-hydrogen) atoms. The van der Waals surface area contributed by atoms with Gasteiger partial charge in [-0.25, -0.2) is 9.78 Å². The summed E-state index contributed by atoms with van der Waals surface area (Å²) in [6.45, 7) is 10.7. The van der Waals surface area contributed by atoms with Gasteiger partial charge in [0.2, 0.25) is 0 Å². The van der Waals surface area contributed by atoms with Crippen LogP contribution in [0.25, 0.3) is 5.57 Å². The molecule has 3 aromatic rings. The molecule has 2 unspecified atom stereocenters. The minimum atomic E-state index is -0.913. The normalized spacial score (nSPS) is 18.4. The highest BCUT2D eigenvalue weighted by molar-refractivity contribution is 7.84. The predicted molar refractivity (Wildman–Crippen MR) is 162 cm³/mol. The number of rotatable bonds is 9. The highest BCUT2D eigenvalue weighted by Crippen LogP contribution is 2.56. The zero-order valence-electron chi connectivity index (χ0n) is 22.4. The average molecular weight is 584 g/mol. The second kappa shape index (κ2) is 12.6. The Hall–Kier alpha value is -2.73. The van der Waals surface area contributed by atoms with E-state index in [0.29, 0.717) is 33.9 Å². The minimum absolute atomic E-state index is 0.264. The van der Waals surface area contributed by atoms with Crippen LogP contribution >= 0.6 is 35.8 Å². The van der Waals surface area contributed by atoms with Crippen molar-refractivity contribution in [1.29, 1.82) is 0 Å². The van der Waals surface area contributed by atoms with Crippen LogP contribution in [0.3, 0.4) is 0 Å². The standard InChI is InChI=1S/C30H27Cl2NO3S.C2H6/c1-16-13-33-14-27(32)28(16)17(2)25(29(37)18-6-7-18)15-36-21-8-9-22(26(31)11-21)24-12-23(24)19-4-3-5-20(10-19)30(34)35;1-2/h3-5,8-11,13-14,18,23-24,37H,2,6-7,12,15H2,1H3,(H,34,35);1-2H3/p+1/b29-25-;. The highest BCUT2D eigenvalue weighted by atomic mass is 35.5. The van der Waals surface area contributed by atoms with Crippen molar-refractivity contribution < 1.29 is 19.6 Å². The summed E-state index contributed by atoms with van der Waals surface area (Å²) in [5.41, 5.74) is 6.06. The molecule has 0 amide bonds. The molecule has 2 atom stereocenters. The van der Waals surface area contributed by atoms with Crippen molar-refractivity contribution in [3.63, 3.8) is 0 Å². The van der Waals surface area contributed by atoms with Crippen LogP contribution in [0.2, 0.25) is 10.0 Å². The first kappa shape index (κ1) is 29.3. The maximum absolute atomic E-state index is 11.3. The Morgan fingerprint density at radius 1 is 1.10 bits per heavy atom. The van der Waals surface area contributed by atoms with Crippen molar-refractivity contribution in [3.05, 3.63) is 110 Å². The molecule has 0 bridgehead atoms. The van der Waals surface area contributed by atoms with Crippen LogP contribution in [0.15, 0.2) is 71.9 Å². The lowest BCUT2D eigenvalue weighted by atomic mass is 9.96. The van der Waals surface area contributed by atoms with Gasteiger partial charge in [0.1, 0.15) is 17.4 Å². The number of nitrogens with one attached hydrogen (secondary N) is 1. The van der Waals surface area contributed by atoms with E-state index in [1.807, 2.05) is 51.2 Å². The monoisotopic (exact) mass is 582 g/mol. The molecule has 2 aromatic carbocycles. The van der Waals surface area contributed by atoms with Crippen molar-refractivity contribution in [2.24, 2.45) is 5.92 Å². The number of aromatic amines is 1. The number of aromatic carboxylic acids is 1. The van der Waals surface area contributed by atoms with Crippen LogP contribution in [-0.2, 0) is 0 Å². The number of ether oxygens (including phenoxy) is 1. The lowest BCUT2D eigenvalue weighted by Crippen LogP contribution is -2.09. The zero-order chi connectivity index (χ0) is 28.3. The summed E-state index contributed by atoms with van der Waals surface area (Å²) < 4.78 is 6.21. The Bertz CT molecular complexity index is 1410. The first-order valence-electron chi connectivity index (χ1n) is 13.3. The van der Waals surface area contributed by atoms with Gasteiger partial charge in [0.15, 0.2) is 12.4 Å². The Balaban J connectivity index is 0.00000172. The number of benzene rings is 2. The number of pyridine rings is 1. The molecule has 0 saturated heterocycles. The first-order chi connectivity index (χ1) is 18.7. The number of carbonyl (C=O) groups is 1. The predicted octanol–water partition coefficient (Wildman–Crippen LogP) is 8.80. The van der Waals surface area contributed by atoms with Crippen LogP contribution in [0.1, 0.15) is 77.6 Å². The van der Waals surface area contributed by atoms with Crippen LogP contribution in [-0.4, -0.2) is 17.7 Å². The lowest BCUT2D eigenvalue weighted by Gasteiger charge is -2.18. The summed E-state index contributed by atoms with van der Waals surface area (Å²) in [6.07, 6.45) is 6.83. The van der Waals surface area contributed by atoms with E-state index in [-0.39, 0.29) is 11.8 Å². The Kier molecular flexibility index (Phi) is 9.47. The first-order valence-corrected chi connectivity index (χ1v) is 14.5. The van der Waals surface area contributed by atoms with E-state index in [0.717, 1.165) is 57.6 Å². The number of H-pyrrole nitrogens is 1. The molecule has 4 nitrogen and oxygen atoms in total. The fraction of sp³-hybridized carbons (Fsp3) is 0.312. The van der Waals surface area contributed by atoms with Gasteiger partial charge < -0.3 is 9.84 Å². The molecule has 1 heterocycles. The molecule has 0 aliphatic heterocycles. The molecule has 7 heteroatoms. The zero-order valence-corrected chi connectivity index (χ0v) is 24.8. The number of thiol groups is 1. The Morgan fingerprint density at radius 2 is 1.85 bits per heavy atom. The molecule has 2 N–H and O–H groups in total. The van der Waals surface area contributed by atoms with Crippen LogP contribution in [0, 0.1) is 12.8 Å². The van der Waals surface area contributed by atoms with Crippen molar-refractivity contribution in [3.8, 4) is 5.75 Å². The maximum atomic E-state index is 11.3. The van der Waals surface area contributed by atoms with Gasteiger partial charge in [0.25, 0.3) is 0 Å². The Morgan fingerprint density at radius 3 is 2.49 bits per heavy atom. The molecule has 2 fully saturated rings. The van der Waals surface area contributed by atoms with Gasteiger partial charge in [0, 0.05) is 21.7 Å². The number of carboxylic acid groups (broad SMARTS) is 1. The fourth-order valence-corrected chi connectivity index (χ4v) is 5.98. The molecule has 5 rings (SSSR count). The van der Waals surface area contributed by atoms with Crippen molar-refractivity contribution in [2.45, 2.75) is 51.9 Å². The maximum Gasteiger partial charge on any atom is 0.335 e. The number of halogens is 2. The molecule has 1 aromatic heterocycles. The van der Waals surface area contributed by atoms with Crippen molar-refractivity contribution >= 4 is 47.4 Å². The summed E-state index contributed by atoms with van der Waals surface area (Å²) in [4.78, 5) is 15.4. The molecular formula is C32H34Cl2NO3S+. The average Bonchev–Trinajstić information content (AvgIpc) is 3.84. The van der Waals surface area contributed by atoms with Gasteiger partial charge in [0.05, 0.1) is 5.56 Å². The molecule has 2 aliphatic rings. The molecular weight excluding hydrogens is 549 g/mol. The fourth-order valence-electron chi connectivity index (χ4n) is 4.89. The molecule has 2 saturated carbocycles. The second-order valence-electron chi connectivity index (χ2n) is 9.83. The van der Waals surface area contributed by atoms with E-state index in [9.17, 15) is 9.90 Å². The molecule has 2 aliphatic carbocycles. The minimum Gasteiger partial charge on any atom is -0.489 e. The topological polar surface area (TPSA) is 60.7 Å². The van der Waals surface area contributed by atoms with E-state index >= 15 is 0 Å². The van der Waals surface area contributed by atoms with Gasteiger partial charge in [-0.3, -0.25) is 0 Å². The van der Waals surface area contributed by atoms with Gasteiger partial charge >= 0.3 is 5.97 Å². The van der Waals surface area contributed by atoms with E-state index in [1.165, 1.54) is 0 Å². The highest BCUT2D eigenvalue weighted by Gasteiger charge is 2.40. The van der Waals surface area contributed by atoms with E-state index in [1.54, 1.807) is 24.4 Å². The third-order valence-electron chi connectivity index (χ3n) is 7.19.